The van der Waals surface area contributed by atoms with Crippen LogP contribution < -0.4 is 0 Å². The molecule has 4 fully saturated rings. The zero-order valence-electron chi connectivity index (χ0n) is 22.0. The Labute approximate surface area is 228 Å². The zero-order chi connectivity index (χ0) is 25.5. The first-order chi connectivity index (χ1) is 19.2. The van der Waals surface area contributed by atoms with Crippen molar-refractivity contribution in [1.82, 2.24) is 4.98 Å². The van der Waals surface area contributed by atoms with Crippen LogP contribution in [0.3, 0.4) is 0 Å². The fraction of sp³-hybridized carbons (Fsp3) is 0.324. The van der Waals surface area contributed by atoms with Gasteiger partial charge < -0.3 is 4.98 Å². The number of aromatic nitrogens is 1. The van der Waals surface area contributed by atoms with Crippen LogP contribution in [-0.2, 0) is 5.41 Å². The van der Waals surface area contributed by atoms with Gasteiger partial charge in [0.15, 0.2) is 5.69 Å². The second kappa shape index (κ2) is 7.02. The minimum atomic E-state index is 0.127. The van der Waals surface area contributed by atoms with E-state index in [0.29, 0.717) is 5.41 Å². The van der Waals surface area contributed by atoms with Gasteiger partial charge in [-0.1, -0.05) is 54.6 Å². The van der Waals surface area contributed by atoms with Gasteiger partial charge in [-0.15, -0.1) is 0 Å². The van der Waals surface area contributed by atoms with Gasteiger partial charge in [0.05, 0.1) is 6.57 Å². The molecule has 1 aromatic heterocycles. The number of nitrogens with zero attached hydrogens (tertiary/aromatic N) is 1. The Morgan fingerprint density at radius 2 is 1.23 bits per heavy atom. The molecule has 0 saturated heterocycles. The van der Waals surface area contributed by atoms with Crippen molar-refractivity contribution in [2.45, 2.75) is 55.8 Å². The van der Waals surface area contributed by atoms with E-state index in [0.717, 1.165) is 29.0 Å². The Hall–Kier alpha value is -3.83. The molecule has 4 aromatic carbocycles. The maximum absolute atomic E-state index is 8.22. The lowest BCUT2D eigenvalue weighted by Gasteiger charge is -2.57. The lowest BCUT2D eigenvalue weighted by molar-refractivity contribution is -0.00512. The number of nitrogens with one attached hydrogen (secondary N) is 1. The normalized spacial score (nSPS) is 30.8. The van der Waals surface area contributed by atoms with Gasteiger partial charge in [0, 0.05) is 33.6 Å². The Morgan fingerprint density at radius 1 is 0.667 bits per heavy atom. The summed E-state index contributed by atoms with van der Waals surface area (Å²) in [5.41, 5.74) is 13.3. The Morgan fingerprint density at radius 3 is 1.79 bits per heavy atom. The van der Waals surface area contributed by atoms with Crippen molar-refractivity contribution >= 4 is 27.5 Å². The van der Waals surface area contributed by atoms with E-state index in [-0.39, 0.29) is 11.8 Å². The van der Waals surface area contributed by atoms with Crippen LogP contribution in [0.4, 0.5) is 5.69 Å². The first-order valence-electron chi connectivity index (χ1n) is 14.9. The average Bonchev–Trinajstić information content (AvgIpc) is 3.33. The molecule has 0 spiro atoms. The van der Waals surface area contributed by atoms with Crippen molar-refractivity contribution < 1.29 is 0 Å². The van der Waals surface area contributed by atoms with Gasteiger partial charge in [-0.05, 0) is 119 Å². The van der Waals surface area contributed by atoms with Crippen LogP contribution >= 0.6 is 0 Å². The number of H-pyrrole nitrogens is 1. The van der Waals surface area contributed by atoms with Gasteiger partial charge in [-0.2, -0.15) is 0 Å². The third-order valence-corrected chi connectivity index (χ3v) is 11.5. The predicted octanol–water partition coefficient (Wildman–Crippen LogP) is 9.33. The molecule has 5 aromatic rings. The fourth-order valence-corrected chi connectivity index (χ4v) is 10.6. The molecule has 12 rings (SSSR count). The van der Waals surface area contributed by atoms with E-state index in [1.54, 1.807) is 5.56 Å². The zero-order valence-corrected chi connectivity index (χ0v) is 22.0. The summed E-state index contributed by atoms with van der Waals surface area (Å²) in [6, 6.07) is 27.5. The molecular formula is C37H30N2. The van der Waals surface area contributed by atoms with Crippen LogP contribution in [0.5, 0.6) is 0 Å². The van der Waals surface area contributed by atoms with Crippen molar-refractivity contribution in [2.24, 2.45) is 17.8 Å². The molecule has 2 nitrogen and oxygen atoms in total. The lowest BCUT2D eigenvalue weighted by Crippen LogP contribution is -2.48. The molecule has 2 heteroatoms. The summed E-state index contributed by atoms with van der Waals surface area (Å²) in [6.07, 6.45) is 8.59. The second-order valence-corrected chi connectivity index (χ2v) is 13.5. The van der Waals surface area contributed by atoms with Crippen LogP contribution in [0.2, 0.25) is 0 Å². The predicted molar refractivity (Wildman–Crippen MR) is 157 cm³/mol. The molecule has 0 radical (unpaired) electrons. The first kappa shape index (κ1) is 21.0. The van der Waals surface area contributed by atoms with Gasteiger partial charge in [0.2, 0.25) is 0 Å². The highest BCUT2D eigenvalue weighted by Gasteiger charge is 2.51. The third-order valence-electron chi connectivity index (χ3n) is 11.5. The Kier molecular flexibility index (Phi) is 3.79. The highest BCUT2D eigenvalue weighted by molar-refractivity contribution is 6.12. The largest absolute Gasteiger partial charge is 0.356 e. The Bertz CT molecular complexity index is 1850. The van der Waals surface area contributed by atoms with Crippen LogP contribution in [-0.4, -0.2) is 4.98 Å². The van der Waals surface area contributed by atoms with Crippen LogP contribution in [0, 0.1) is 24.3 Å². The third kappa shape index (κ3) is 2.53. The molecule has 39 heavy (non-hydrogen) atoms. The van der Waals surface area contributed by atoms with Gasteiger partial charge in [-0.3, -0.25) is 0 Å². The van der Waals surface area contributed by atoms with E-state index in [2.05, 4.69) is 82.6 Å². The molecule has 7 aliphatic rings. The summed E-state index contributed by atoms with van der Waals surface area (Å²) in [4.78, 5) is 7.91. The molecule has 0 amide bonds. The maximum Gasteiger partial charge on any atom is 0.193 e. The number of aromatic amines is 1. The quantitative estimate of drug-likeness (QED) is 0.216. The molecule has 6 bridgehead atoms. The van der Waals surface area contributed by atoms with Crippen LogP contribution in [0.1, 0.15) is 89.3 Å². The number of hydrogen-bond acceptors (Lipinski definition) is 0. The molecule has 7 aliphatic carbocycles. The minimum absolute atomic E-state index is 0.127. The van der Waals surface area contributed by atoms with E-state index < -0.39 is 0 Å². The SMILES string of the molecule is [C-]#[N+]c1cc2[nH]c3ccc(C45CC6CC(CC(C6)C4)C5)cc3c2c2c1C1c3ccccc3C2c2ccccc21. The molecule has 0 unspecified atom stereocenters. The molecule has 0 aliphatic heterocycles. The summed E-state index contributed by atoms with van der Waals surface area (Å²) in [5.74, 6) is 3.11. The Balaban J connectivity index is 1.28. The second-order valence-electron chi connectivity index (χ2n) is 13.5. The average molecular weight is 503 g/mol. The number of hydrogen-bond donors (Lipinski definition) is 1. The summed E-state index contributed by atoms with van der Waals surface area (Å²) < 4.78 is 0. The number of benzene rings is 4. The maximum atomic E-state index is 8.22. The standard InChI is InChI=1S/C37H30N2/c1-38-30-16-31-34(36-33-26-8-4-2-6-24(26)32(35(30)36)25-7-3-5-9-27(25)33)28-15-23(10-11-29(28)39-31)37-17-20-12-21(18-37)14-22(13-20)19-37/h2-11,15-16,20-22,32-33,39H,12-14,17-19H2. The van der Waals surface area contributed by atoms with Crippen molar-refractivity contribution in [3.8, 4) is 0 Å². The van der Waals surface area contributed by atoms with E-state index in [9.17, 15) is 0 Å². The van der Waals surface area contributed by atoms with Crippen molar-refractivity contribution in [3.63, 3.8) is 0 Å². The van der Waals surface area contributed by atoms with E-state index >= 15 is 0 Å². The minimum Gasteiger partial charge on any atom is -0.356 e. The smallest absolute Gasteiger partial charge is 0.193 e. The molecular weight excluding hydrogens is 472 g/mol. The molecule has 4 saturated carbocycles. The highest BCUT2D eigenvalue weighted by Crippen LogP contribution is 2.62. The van der Waals surface area contributed by atoms with Gasteiger partial charge >= 0.3 is 0 Å². The van der Waals surface area contributed by atoms with E-state index in [1.807, 2.05) is 0 Å². The van der Waals surface area contributed by atoms with Gasteiger partial charge in [-0.25, -0.2) is 4.85 Å². The van der Waals surface area contributed by atoms with Gasteiger partial charge in [0.25, 0.3) is 0 Å². The van der Waals surface area contributed by atoms with Gasteiger partial charge in [0.1, 0.15) is 0 Å². The molecule has 1 heterocycles. The molecule has 1 N–H and O–H groups in total. The highest BCUT2D eigenvalue weighted by atomic mass is 14.7. The number of fused-ring (bicyclic) bond motifs is 3. The van der Waals surface area contributed by atoms with Crippen LogP contribution in [0.25, 0.3) is 26.7 Å². The van der Waals surface area contributed by atoms with Crippen LogP contribution in [0.15, 0.2) is 72.8 Å². The van der Waals surface area contributed by atoms with E-state index in [4.69, 9.17) is 6.57 Å². The first-order valence-corrected chi connectivity index (χ1v) is 14.9. The number of rotatable bonds is 1. The fourth-order valence-electron chi connectivity index (χ4n) is 10.6. The summed E-state index contributed by atoms with van der Waals surface area (Å²) >= 11 is 0. The van der Waals surface area contributed by atoms with Crippen molar-refractivity contribution in [2.75, 3.05) is 0 Å². The van der Waals surface area contributed by atoms with E-state index in [1.165, 1.54) is 88.2 Å². The molecule has 0 atom stereocenters. The van der Waals surface area contributed by atoms with Crippen molar-refractivity contribution in [3.05, 3.63) is 123 Å². The molecule has 188 valence electrons. The summed E-state index contributed by atoms with van der Waals surface area (Å²) in [5, 5.41) is 2.73. The summed E-state index contributed by atoms with van der Waals surface area (Å²) in [6.45, 7) is 8.22. The summed E-state index contributed by atoms with van der Waals surface area (Å²) in [7, 11) is 0. The van der Waals surface area contributed by atoms with Crippen molar-refractivity contribution in [1.29, 1.82) is 0 Å². The monoisotopic (exact) mass is 502 g/mol. The topological polar surface area (TPSA) is 20.1 Å². The lowest BCUT2D eigenvalue weighted by atomic mass is 9.48.